The van der Waals surface area contributed by atoms with E-state index in [0.29, 0.717) is 6.54 Å². The summed E-state index contributed by atoms with van der Waals surface area (Å²) in [7, 11) is 1.75. The fourth-order valence-corrected chi connectivity index (χ4v) is 1.10. The summed E-state index contributed by atoms with van der Waals surface area (Å²) in [5, 5.41) is 20.7. The number of carboxylic acid groups (broad SMARTS) is 1. The maximum atomic E-state index is 10.6. The van der Waals surface area contributed by atoms with E-state index in [1.165, 1.54) is 18.2 Å². The van der Waals surface area contributed by atoms with Crippen LogP contribution >= 0.6 is 0 Å². The maximum absolute atomic E-state index is 10.6. The summed E-state index contributed by atoms with van der Waals surface area (Å²) in [5.41, 5.74) is 0.852. The number of aromatic carboxylic acids is 1. The lowest BCUT2D eigenvalue weighted by Crippen LogP contribution is -2.06. The maximum Gasteiger partial charge on any atom is 0.335 e. The number of benzene rings is 1. The molecule has 1 rings (SSSR count). The first-order valence-corrected chi connectivity index (χ1v) is 3.84. The molecule has 1 aromatic rings. The van der Waals surface area contributed by atoms with Crippen LogP contribution in [-0.2, 0) is 6.54 Å². The molecule has 0 unspecified atom stereocenters. The lowest BCUT2D eigenvalue weighted by atomic mass is 10.1. The fourth-order valence-electron chi connectivity index (χ4n) is 1.10. The zero-order valence-corrected chi connectivity index (χ0v) is 7.24. The van der Waals surface area contributed by atoms with Crippen LogP contribution in [0.25, 0.3) is 0 Å². The van der Waals surface area contributed by atoms with Crippen LogP contribution in [0.3, 0.4) is 0 Å². The molecule has 0 fully saturated rings. The molecule has 13 heavy (non-hydrogen) atoms. The zero-order chi connectivity index (χ0) is 9.84. The second-order valence-corrected chi connectivity index (χ2v) is 2.72. The number of phenols is 1. The number of rotatable bonds is 3. The molecular weight excluding hydrogens is 170 g/mol. The van der Waals surface area contributed by atoms with Crippen molar-refractivity contribution in [2.75, 3.05) is 7.05 Å². The van der Waals surface area contributed by atoms with Crippen LogP contribution in [0.2, 0.25) is 0 Å². The Morgan fingerprint density at radius 1 is 1.46 bits per heavy atom. The highest BCUT2D eigenvalue weighted by atomic mass is 16.4. The Morgan fingerprint density at radius 2 is 2.15 bits per heavy atom. The third kappa shape index (κ3) is 2.45. The minimum atomic E-state index is -1.03. The molecule has 0 heterocycles. The van der Waals surface area contributed by atoms with E-state index in [0.717, 1.165) is 5.56 Å². The molecule has 0 radical (unpaired) electrons. The quantitative estimate of drug-likeness (QED) is 0.645. The van der Waals surface area contributed by atoms with E-state index in [-0.39, 0.29) is 11.3 Å². The molecule has 1 aromatic carbocycles. The lowest BCUT2D eigenvalue weighted by molar-refractivity contribution is 0.0696. The van der Waals surface area contributed by atoms with Gasteiger partial charge in [-0.2, -0.15) is 0 Å². The smallest absolute Gasteiger partial charge is 0.335 e. The molecule has 0 aliphatic rings. The predicted molar refractivity (Wildman–Crippen MR) is 47.8 cm³/mol. The number of carbonyl (C=O) groups is 1. The molecule has 0 bridgehead atoms. The number of hydrogen-bond acceptors (Lipinski definition) is 3. The minimum absolute atomic E-state index is 0.0230. The van der Waals surface area contributed by atoms with E-state index in [4.69, 9.17) is 5.11 Å². The number of hydrogen-bond donors (Lipinski definition) is 3. The molecule has 3 N–H and O–H groups in total. The van der Waals surface area contributed by atoms with Crippen LogP contribution < -0.4 is 5.32 Å². The first-order valence-electron chi connectivity index (χ1n) is 3.84. The van der Waals surface area contributed by atoms with Crippen molar-refractivity contribution in [3.05, 3.63) is 29.3 Å². The molecule has 0 saturated carbocycles. The third-order valence-electron chi connectivity index (χ3n) is 1.61. The number of carboxylic acids is 1. The van der Waals surface area contributed by atoms with E-state index < -0.39 is 5.97 Å². The second kappa shape index (κ2) is 3.91. The van der Waals surface area contributed by atoms with Crippen molar-refractivity contribution >= 4 is 5.97 Å². The standard InChI is InChI=1S/C9H11NO3/c1-10-5-6-2-7(9(12)13)4-8(11)3-6/h2-4,10-11H,5H2,1H3,(H,12,13). The summed E-state index contributed by atoms with van der Waals surface area (Å²) in [5.74, 6) is -1.06. The van der Waals surface area contributed by atoms with Crippen molar-refractivity contribution < 1.29 is 15.0 Å². The molecule has 4 nitrogen and oxygen atoms in total. The van der Waals surface area contributed by atoms with Gasteiger partial charge in [0.2, 0.25) is 0 Å². The van der Waals surface area contributed by atoms with Gasteiger partial charge in [-0.1, -0.05) is 0 Å². The summed E-state index contributed by atoms with van der Waals surface area (Å²) in [4.78, 5) is 10.6. The van der Waals surface area contributed by atoms with E-state index >= 15 is 0 Å². The van der Waals surface area contributed by atoms with Crippen LogP contribution in [0.1, 0.15) is 15.9 Å². The SMILES string of the molecule is CNCc1cc(O)cc(C(=O)O)c1. The number of nitrogens with one attached hydrogen (secondary N) is 1. The van der Waals surface area contributed by atoms with Crippen molar-refractivity contribution in [1.82, 2.24) is 5.32 Å². The molecule has 0 aliphatic carbocycles. The lowest BCUT2D eigenvalue weighted by Gasteiger charge is -2.02. The van der Waals surface area contributed by atoms with Gasteiger partial charge >= 0.3 is 5.97 Å². The molecule has 0 atom stereocenters. The topological polar surface area (TPSA) is 69.6 Å². The minimum Gasteiger partial charge on any atom is -0.508 e. The van der Waals surface area contributed by atoms with Gasteiger partial charge in [0.05, 0.1) is 5.56 Å². The summed E-state index contributed by atoms with van der Waals surface area (Å²) < 4.78 is 0. The van der Waals surface area contributed by atoms with Gasteiger partial charge in [0.25, 0.3) is 0 Å². The van der Waals surface area contributed by atoms with E-state index in [2.05, 4.69) is 5.32 Å². The van der Waals surface area contributed by atoms with Gasteiger partial charge in [0.1, 0.15) is 5.75 Å². The number of aromatic hydroxyl groups is 1. The van der Waals surface area contributed by atoms with Gasteiger partial charge < -0.3 is 15.5 Å². The average Bonchev–Trinajstić information content (AvgIpc) is 2.03. The van der Waals surface area contributed by atoms with Gasteiger partial charge in [0.15, 0.2) is 0 Å². The van der Waals surface area contributed by atoms with Gasteiger partial charge in [-0.05, 0) is 30.8 Å². The van der Waals surface area contributed by atoms with E-state index in [1.807, 2.05) is 0 Å². The Kier molecular flexibility index (Phi) is 2.87. The molecule has 0 aromatic heterocycles. The van der Waals surface area contributed by atoms with Crippen molar-refractivity contribution in [2.24, 2.45) is 0 Å². The predicted octanol–water partition coefficient (Wildman–Crippen LogP) is 0.810. The van der Waals surface area contributed by atoms with E-state index in [1.54, 1.807) is 7.05 Å². The van der Waals surface area contributed by atoms with Crippen molar-refractivity contribution in [1.29, 1.82) is 0 Å². The Bertz CT molecular complexity index is 323. The Hall–Kier alpha value is -1.55. The van der Waals surface area contributed by atoms with Crippen LogP contribution in [0.5, 0.6) is 5.75 Å². The molecule has 4 heteroatoms. The van der Waals surface area contributed by atoms with Crippen LogP contribution in [0.15, 0.2) is 18.2 Å². The summed E-state index contributed by atoms with van der Waals surface area (Å²) in [6, 6.07) is 4.28. The van der Waals surface area contributed by atoms with Gasteiger partial charge in [-0.3, -0.25) is 0 Å². The molecular formula is C9H11NO3. The Labute approximate surface area is 75.8 Å². The van der Waals surface area contributed by atoms with Crippen LogP contribution in [0, 0.1) is 0 Å². The average molecular weight is 181 g/mol. The van der Waals surface area contributed by atoms with Crippen molar-refractivity contribution in [3.8, 4) is 5.75 Å². The molecule has 0 aliphatic heterocycles. The van der Waals surface area contributed by atoms with E-state index in [9.17, 15) is 9.90 Å². The molecule has 0 amide bonds. The largest absolute Gasteiger partial charge is 0.508 e. The first kappa shape index (κ1) is 9.54. The molecule has 70 valence electrons. The Morgan fingerprint density at radius 3 is 2.69 bits per heavy atom. The van der Waals surface area contributed by atoms with Gasteiger partial charge in [-0.15, -0.1) is 0 Å². The summed E-state index contributed by atoms with van der Waals surface area (Å²) in [6.45, 7) is 0.536. The highest BCUT2D eigenvalue weighted by Gasteiger charge is 2.05. The highest BCUT2D eigenvalue weighted by Crippen LogP contribution is 2.15. The zero-order valence-electron chi connectivity index (χ0n) is 7.24. The number of phenolic OH excluding ortho intramolecular Hbond substituents is 1. The van der Waals surface area contributed by atoms with Gasteiger partial charge in [-0.25, -0.2) is 4.79 Å². The molecule has 0 saturated heterocycles. The fraction of sp³-hybridized carbons (Fsp3) is 0.222. The third-order valence-corrected chi connectivity index (χ3v) is 1.61. The first-order chi connectivity index (χ1) is 6.13. The monoisotopic (exact) mass is 181 g/mol. The van der Waals surface area contributed by atoms with Crippen LogP contribution in [0.4, 0.5) is 0 Å². The summed E-state index contributed by atoms with van der Waals surface area (Å²) in [6.07, 6.45) is 0. The van der Waals surface area contributed by atoms with Crippen molar-refractivity contribution in [3.63, 3.8) is 0 Å². The van der Waals surface area contributed by atoms with Crippen LogP contribution in [-0.4, -0.2) is 23.2 Å². The normalized spacial score (nSPS) is 9.92. The van der Waals surface area contributed by atoms with Crippen molar-refractivity contribution in [2.45, 2.75) is 6.54 Å². The Balaban J connectivity index is 3.03. The second-order valence-electron chi connectivity index (χ2n) is 2.72. The summed E-state index contributed by atoms with van der Waals surface area (Å²) >= 11 is 0. The molecule has 0 spiro atoms. The highest BCUT2D eigenvalue weighted by molar-refractivity contribution is 5.88. The van der Waals surface area contributed by atoms with Gasteiger partial charge in [0, 0.05) is 6.54 Å².